The predicted molar refractivity (Wildman–Crippen MR) is 123 cm³/mol. The fraction of sp³-hybridized carbons (Fsp3) is 0.375. The number of piperazine rings is 1. The average Bonchev–Trinajstić information content (AvgIpc) is 3.25. The zero-order chi connectivity index (χ0) is 21.6. The Kier molecular flexibility index (Phi) is 7.14. The third kappa shape index (κ3) is 5.40. The molecule has 1 aliphatic rings. The fourth-order valence-electron chi connectivity index (χ4n) is 4.07. The number of thiophene rings is 1. The normalized spacial score (nSPS) is 14.8. The van der Waals surface area contributed by atoms with E-state index in [-0.39, 0.29) is 5.56 Å². The van der Waals surface area contributed by atoms with Crippen LogP contribution in [0, 0.1) is 11.6 Å². The number of anilines is 1. The molecule has 1 aromatic heterocycles. The molecular formula is C24H27F2N3OS. The highest BCUT2D eigenvalue weighted by Gasteiger charge is 2.18. The number of unbranched alkanes of at least 4 members (excludes halogenated alkanes) is 2. The van der Waals surface area contributed by atoms with E-state index in [9.17, 15) is 13.6 Å². The number of carbonyl (C=O) groups is 1. The van der Waals surface area contributed by atoms with Gasteiger partial charge in [-0.2, -0.15) is 0 Å². The number of halogens is 2. The maximum Gasteiger partial charge on any atom is 0.254 e. The number of nitrogens with one attached hydrogen (secondary N) is 1. The number of fused-ring (bicyclic) bond motifs is 1. The molecule has 0 spiro atoms. The standard InChI is InChI=1S/C24H27F2N3OS/c25-18-7-8-19(21(26)17-18)24(30)27-10-2-1-3-11-28-12-14-29(15-13-28)22-5-4-6-23-20(22)9-16-31-23/h4-9,16-17H,1-3,10-15H2,(H,27,30). The largest absolute Gasteiger partial charge is 0.368 e. The first-order valence-electron chi connectivity index (χ1n) is 10.8. The van der Waals surface area contributed by atoms with Crippen molar-refractivity contribution in [1.29, 1.82) is 0 Å². The van der Waals surface area contributed by atoms with Crippen molar-refractivity contribution in [2.75, 3.05) is 44.2 Å². The summed E-state index contributed by atoms with van der Waals surface area (Å²) in [6, 6.07) is 11.8. The van der Waals surface area contributed by atoms with Crippen LogP contribution in [0.1, 0.15) is 29.6 Å². The molecule has 0 saturated carbocycles. The molecular weight excluding hydrogens is 416 g/mol. The van der Waals surface area contributed by atoms with E-state index in [1.807, 2.05) is 0 Å². The zero-order valence-electron chi connectivity index (χ0n) is 17.4. The van der Waals surface area contributed by atoms with E-state index in [0.29, 0.717) is 6.54 Å². The van der Waals surface area contributed by atoms with E-state index in [1.54, 1.807) is 11.3 Å². The minimum Gasteiger partial charge on any atom is -0.368 e. The minimum atomic E-state index is -0.827. The Morgan fingerprint density at radius 3 is 2.65 bits per heavy atom. The van der Waals surface area contributed by atoms with E-state index in [4.69, 9.17) is 0 Å². The van der Waals surface area contributed by atoms with Crippen molar-refractivity contribution < 1.29 is 13.6 Å². The summed E-state index contributed by atoms with van der Waals surface area (Å²) in [5.74, 6) is -2.00. The van der Waals surface area contributed by atoms with E-state index in [2.05, 4.69) is 44.8 Å². The van der Waals surface area contributed by atoms with Crippen molar-refractivity contribution in [3.05, 3.63) is 65.0 Å². The van der Waals surface area contributed by atoms with Gasteiger partial charge in [0, 0.05) is 54.6 Å². The Hall–Kier alpha value is -2.51. The summed E-state index contributed by atoms with van der Waals surface area (Å²) >= 11 is 1.79. The van der Waals surface area contributed by atoms with E-state index >= 15 is 0 Å². The van der Waals surface area contributed by atoms with E-state index in [1.165, 1.54) is 21.8 Å². The lowest BCUT2D eigenvalue weighted by atomic mass is 10.1. The van der Waals surface area contributed by atoms with Crippen molar-refractivity contribution in [2.45, 2.75) is 19.3 Å². The lowest BCUT2D eigenvalue weighted by Crippen LogP contribution is -2.46. The molecule has 31 heavy (non-hydrogen) atoms. The number of benzene rings is 2. The Morgan fingerprint density at radius 1 is 1.00 bits per heavy atom. The molecule has 1 fully saturated rings. The van der Waals surface area contributed by atoms with Crippen molar-refractivity contribution in [2.24, 2.45) is 0 Å². The van der Waals surface area contributed by atoms with Gasteiger partial charge in [-0.15, -0.1) is 11.3 Å². The Labute approximate surface area is 185 Å². The molecule has 1 N–H and O–H groups in total. The van der Waals surface area contributed by atoms with Gasteiger partial charge in [0.25, 0.3) is 5.91 Å². The lowest BCUT2D eigenvalue weighted by molar-refractivity contribution is 0.0948. The predicted octanol–water partition coefficient (Wildman–Crippen LogP) is 4.90. The van der Waals surface area contributed by atoms with Gasteiger partial charge < -0.3 is 10.2 Å². The minimum absolute atomic E-state index is 0.114. The highest BCUT2D eigenvalue weighted by atomic mass is 32.1. The third-order valence-electron chi connectivity index (χ3n) is 5.80. The summed E-state index contributed by atoms with van der Waals surface area (Å²) in [5, 5.41) is 6.22. The molecule has 0 radical (unpaired) electrons. The first kappa shape index (κ1) is 21.7. The van der Waals surface area contributed by atoms with Crippen molar-refractivity contribution >= 4 is 33.0 Å². The van der Waals surface area contributed by atoms with Gasteiger partial charge in [-0.3, -0.25) is 9.69 Å². The maximum atomic E-state index is 13.6. The van der Waals surface area contributed by atoms with E-state index < -0.39 is 17.5 Å². The smallest absolute Gasteiger partial charge is 0.254 e. The summed E-state index contributed by atoms with van der Waals surface area (Å²) in [6.45, 7) is 5.73. The molecule has 0 unspecified atom stereocenters. The van der Waals surface area contributed by atoms with Crippen LogP contribution in [-0.2, 0) is 0 Å². The third-order valence-corrected chi connectivity index (χ3v) is 6.68. The number of nitrogens with zero attached hydrogens (tertiary/aromatic N) is 2. The summed E-state index contributed by atoms with van der Waals surface area (Å²) < 4.78 is 27.9. The molecule has 0 aliphatic carbocycles. The fourth-order valence-corrected chi connectivity index (χ4v) is 4.88. The monoisotopic (exact) mass is 443 g/mol. The topological polar surface area (TPSA) is 35.6 Å². The Balaban J connectivity index is 1.13. The molecule has 3 aromatic rings. The van der Waals surface area contributed by atoms with Crippen LogP contribution in [0.3, 0.4) is 0 Å². The number of hydrogen-bond donors (Lipinski definition) is 1. The molecule has 7 heteroatoms. The second-order valence-electron chi connectivity index (χ2n) is 7.88. The van der Waals surface area contributed by atoms with Gasteiger partial charge >= 0.3 is 0 Å². The van der Waals surface area contributed by atoms with Crippen molar-refractivity contribution in [1.82, 2.24) is 10.2 Å². The number of rotatable bonds is 8. The van der Waals surface area contributed by atoms with Crippen LogP contribution in [0.4, 0.5) is 14.5 Å². The zero-order valence-corrected chi connectivity index (χ0v) is 18.3. The van der Waals surface area contributed by atoms with Gasteiger partial charge in [0.15, 0.2) is 0 Å². The number of amides is 1. The molecule has 164 valence electrons. The highest BCUT2D eigenvalue weighted by molar-refractivity contribution is 7.17. The maximum absolute atomic E-state index is 13.6. The van der Waals surface area contributed by atoms with Gasteiger partial charge in [0.2, 0.25) is 0 Å². The molecule has 1 saturated heterocycles. The van der Waals surface area contributed by atoms with Crippen LogP contribution in [0.15, 0.2) is 47.8 Å². The van der Waals surface area contributed by atoms with Crippen LogP contribution in [-0.4, -0.2) is 50.1 Å². The van der Waals surface area contributed by atoms with Gasteiger partial charge in [0.1, 0.15) is 11.6 Å². The molecule has 2 heterocycles. The van der Waals surface area contributed by atoms with Crippen LogP contribution >= 0.6 is 11.3 Å². The first-order valence-corrected chi connectivity index (χ1v) is 11.7. The molecule has 0 bridgehead atoms. The van der Waals surface area contributed by atoms with Crippen LogP contribution in [0.2, 0.25) is 0 Å². The van der Waals surface area contributed by atoms with Gasteiger partial charge in [-0.1, -0.05) is 12.5 Å². The van der Waals surface area contributed by atoms with Crippen LogP contribution in [0.5, 0.6) is 0 Å². The van der Waals surface area contributed by atoms with Gasteiger partial charge in [0.05, 0.1) is 5.56 Å². The van der Waals surface area contributed by atoms with Crippen molar-refractivity contribution in [3.63, 3.8) is 0 Å². The molecule has 4 rings (SSSR count). The lowest BCUT2D eigenvalue weighted by Gasteiger charge is -2.36. The summed E-state index contributed by atoms with van der Waals surface area (Å²) in [5.41, 5.74) is 1.23. The molecule has 0 atom stereocenters. The molecule has 1 amide bonds. The molecule has 1 aliphatic heterocycles. The van der Waals surface area contributed by atoms with Gasteiger partial charge in [-0.25, -0.2) is 8.78 Å². The van der Waals surface area contributed by atoms with Crippen LogP contribution < -0.4 is 10.2 Å². The Bertz CT molecular complexity index is 1030. The summed E-state index contributed by atoms with van der Waals surface area (Å²) in [7, 11) is 0. The highest BCUT2D eigenvalue weighted by Crippen LogP contribution is 2.31. The van der Waals surface area contributed by atoms with Gasteiger partial charge in [-0.05, 0) is 55.1 Å². The summed E-state index contributed by atoms with van der Waals surface area (Å²) in [6.07, 6.45) is 2.91. The quantitative estimate of drug-likeness (QED) is 0.503. The SMILES string of the molecule is O=C(NCCCCCN1CCN(c2cccc3sccc23)CC1)c1ccc(F)cc1F. The van der Waals surface area contributed by atoms with E-state index in [0.717, 1.165) is 64.1 Å². The average molecular weight is 444 g/mol. The molecule has 2 aromatic carbocycles. The van der Waals surface area contributed by atoms with Crippen LogP contribution in [0.25, 0.3) is 10.1 Å². The van der Waals surface area contributed by atoms with Crippen molar-refractivity contribution in [3.8, 4) is 0 Å². The Morgan fingerprint density at radius 2 is 1.84 bits per heavy atom. The second-order valence-corrected chi connectivity index (χ2v) is 8.83. The second kappa shape index (κ2) is 10.2. The molecule has 4 nitrogen and oxygen atoms in total. The number of carbonyl (C=O) groups excluding carboxylic acids is 1. The first-order chi connectivity index (χ1) is 15.1. The number of hydrogen-bond acceptors (Lipinski definition) is 4. The summed E-state index contributed by atoms with van der Waals surface area (Å²) in [4.78, 5) is 17.0.